The maximum atomic E-state index is 13.0. The van der Waals surface area contributed by atoms with E-state index < -0.39 is 0 Å². The molecular weight excluding hydrogens is 331 g/mol. The minimum atomic E-state index is -0.265. The first-order chi connectivity index (χ1) is 12.8. The van der Waals surface area contributed by atoms with Gasteiger partial charge in [-0.2, -0.15) is 0 Å². The van der Waals surface area contributed by atoms with Gasteiger partial charge in [-0.1, -0.05) is 0 Å². The molecule has 5 nitrogen and oxygen atoms in total. The Balaban J connectivity index is 1.41. The van der Waals surface area contributed by atoms with Crippen molar-refractivity contribution in [1.29, 1.82) is 0 Å². The number of furan rings is 1. The van der Waals surface area contributed by atoms with Crippen LogP contribution in [0.4, 0.5) is 10.2 Å². The van der Waals surface area contributed by atoms with E-state index in [-0.39, 0.29) is 5.82 Å². The van der Waals surface area contributed by atoms with Crippen molar-refractivity contribution in [3.05, 3.63) is 85.0 Å². The number of hydrogen-bond acceptors (Lipinski definition) is 5. The van der Waals surface area contributed by atoms with Crippen LogP contribution in [0.25, 0.3) is 22.5 Å². The molecule has 4 aromatic rings. The van der Waals surface area contributed by atoms with Crippen LogP contribution in [0.15, 0.2) is 77.9 Å². The number of aromatic nitrogens is 3. The first-order valence-electron chi connectivity index (χ1n) is 8.08. The monoisotopic (exact) mass is 346 g/mol. The van der Waals surface area contributed by atoms with Gasteiger partial charge in [0, 0.05) is 35.3 Å². The van der Waals surface area contributed by atoms with Gasteiger partial charge in [0.15, 0.2) is 0 Å². The Kier molecular flexibility index (Phi) is 4.38. The summed E-state index contributed by atoms with van der Waals surface area (Å²) in [5.74, 6) is 1.95. The summed E-state index contributed by atoms with van der Waals surface area (Å²) in [5, 5.41) is 3.22. The number of anilines is 1. The van der Waals surface area contributed by atoms with E-state index >= 15 is 0 Å². The second kappa shape index (κ2) is 7.14. The van der Waals surface area contributed by atoms with Crippen LogP contribution in [-0.4, -0.2) is 15.0 Å². The molecule has 3 aromatic heterocycles. The lowest BCUT2D eigenvalue weighted by Gasteiger charge is -2.05. The normalized spacial score (nSPS) is 10.7. The molecule has 26 heavy (non-hydrogen) atoms. The molecule has 0 saturated carbocycles. The predicted octanol–water partition coefficient (Wildman–Crippen LogP) is 4.55. The second-order valence-corrected chi connectivity index (χ2v) is 5.69. The van der Waals surface area contributed by atoms with Crippen LogP contribution in [0, 0.1) is 5.82 Å². The Morgan fingerprint density at radius 1 is 0.808 bits per heavy atom. The largest absolute Gasteiger partial charge is 0.459 e. The van der Waals surface area contributed by atoms with E-state index in [1.54, 1.807) is 30.7 Å². The highest BCUT2D eigenvalue weighted by Crippen LogP contribution is 2.23. The fourth-order valence-corrected chi connectivity index (χ4v) is 2.54. The zero-order valence-corrected chi connectivity index (χ0v) is 13.8. The smallest absolute Gasteiger partial charge is 0.134 e. The van der Waals surface area contributed by atoms with Crippen LogP contribution in [0.5, 0.6) is 0 Å². The SMILES string of the molecule is Fc1ccc(-c2ccc(CNc3ccc(-c4cncnc4)cn3)o2)cc1. The molecule has 0 aliphatic rings. The maximum absolute atomic E-state index is 13.0. The van der Waals surface area contributed by atoms with Crippen molar-refractivity contribution in [2.24, 2.45) is 0 Å². The van der Waals surface area contributed by atoms with Gasteiger partial charge in [0.05, 0.1) is 6.54 Å². The van der Waals surface area contributed by atoms with Crippen LogP contribution in [0.3, 0.4) is 0 Å². The van der Waals surface area contributed by atoms with Crippen LogP contribution in [0.2, 0.25) is 0 Å². The number of hydrogen-bond donors (Lipinski definition) is 1. The third-order valence-corrected chi connectivity index (χ3v) is 3.89. The summed E-state index contributed by atoms with van der Waals surface area (Å²) >= 11 is 0. The van der Waals surface area contributed by atoms with E-state index in [2.05, 4.69) is 20.3 Å². The number of pyridine rings is 1. The third kappa shape index (κ3) is 3.59. The first kappa shape index (κ1) is 16.0. The van der Waals surface area contributed by atoms with Crippen LogP contribution in [-0.2, 0) is 6.54 Å². The van der Waals surface area contributed by atoms with Crippen molar-refractivity contribution in [3.63, 3.8) is 0 Å². The van der Waals surface area contributed by atoms with Crippen molar-refractivity contribution in [1.82, 2.24) is 15.0 Å². The molecule has 0 radical (unpaired) electrons. The van der Waals surface area contributed by atoms with Crippen molar-refractivity contribution in [2.75, 3.05) is 5.32 Å². The van der Waals surface area contributed by atoms with Gasteiger partial charge in [-0.3, -0.25) is 0 Å². The fraction of sp³-hybridized carbons (Fsp3) is 0.0500. The lowest BCUT2D eigenvalue weighted by molar-refractivity contribution is 0.531. The summed E-state index contributed by atoms with van der Waals surface area (Å²) in [7, 11) is 0. The molecule has 128 valence electrons. The van der Waals surface area contributed by atoms with Crippen molar-refractivity contribution in [2.45, 2.75) is 6.54 Å². The Hall–Kier alpha value is -3.54. The molecule has 0 atom stereocenters. The minimum Gasteiger partial charge on any atom is -0.459 e. The number of benzene rings is 1. The highest BCUT2D eigenvalue weighted by molar-refractivity contribution is 5.61. The maximum Gasteiger partial charge on any atom is 0.134 e. The average molecular weight is 346 g/mol. The number of nitrogens with one attached hydrogen (secondary N) is 1. The third-order valence-electron chi connectivity index (χ3n) is 3.89. The van der Waals surface area contributed by atoms with Gasteiger partial charge in [-0.15, -0.1) is 0 Å². The molecule has 6 heteroatoms. The van der Waals surface area contributed by atoms with Gasteiger partial charge in [0.2, 0.25) is 0 Å². The Morgan fingerprint density at radius 2 is 1.58 bits per heavy atom. The Morgan fingerprint density at radius 3 is 2.31 bits per heavy atom. The molecule has 0 fully saturated rings. The van der Waals surface area contributed by atoms with E-state index in [9.17, 15) is 4.39 Å². The summed E-state index contributed by atoms with van der Waals surface area (Å²) in [5.41, 5.74) is 2.71. The molecule has 0 aliphatic carbocycles. The lowest BCUT2D eigenvalue weighted by Crippen LogP contribution is -2.00. The topological polar surface area (TPSA) is 63.8 Å². The molecule has 0 aliphatic heterocycles. The van der Waals surface area contributed by atoms with E-state index in [1.165, 1.54) is 18.5 Å². The van der Waals surface area contributed by atoms with Crippen molar-refractivity contribution in [3.8, 4) is 22.5 Å². The van der Waals surface area contributed by atoms with Crippen LogP contribution < -0.4 is 5.32 Å². The lowest BCUT2D eigenvalue weighted by atomic mass is 10.1. The number of nitrogens with zero attached hydrogens (tertiary/aromatic N) is 3. The van der Waals surface area contributed by atoms with E-state index in [4.69, 9.17) is 4.42 Å². The summed E-state index contributed by atoms with van der Waals surface area (Å²) in [6.45, 7) is 0.502. The molecule has 0 unspecified atom stereocenters. The standard InChI is InChI=1S/C20H15FN4O/c21-17-4-1-14(2-5-17)19-7-6-18(26-19)12-25-20-8-3-15(11-24-20)16-9-22-13-23-10-16/h1-11,13H,12H2,(H,24,25). The van der Waals surface area contributed by atoms with Gasteiger partial charge >= 0.3 is 0 Å². The summed E-state index contributed by atoms with van der Waals surface area (Å²) < 4.78 is 18.8. The van der Waals surface area contributed by atoms with Crippen LogP contribution >= 0.6 is 0 Å². The molecule has 1 N–H and O–H groups in total. The molecular formula is C20H15FN4O. The Bertz CT molecular complexity index is 983. The van der Waals surface area contributed by atoms with E-state index in [1.807, 2.05) is 24.3 Å². The van der Waals surface area contributed by atoms with Crippen molar-refractivity contribution < 1.29 is 8.81 Å². The Labute approximate surface area is 149 Å². The first-order valence-corrected chi connectivity index (χ1v) is 8.08. The zero-order chi connectivity index (χ0) is 17.8. The average Bonchev–Trinajstić information content (AvgIpc) is 3.17. The van der Waals surface area contributed by atoms with Gasteiger partial charge in [-0.05, 0) is 48.5 Å². The molecule has 1 aromatic carbocycles. The summed E-state index contributed by atoms with van der Waals surface area (Å²) in [6.07, 6.45) is 6.76. The molecule has 0 bridgehead atoms. The van der Waals surface area contributed by atoms with Crippen molar-refractivity contribution >= 4 is 5.82 Å². The highest BCUT2D eigenvalue weighted by atomic mass is 19.1. The van der Waals surface area contributed by atoms with Crippen LogP contribution in [0.1, 0.15) is 5.76 Å². The predicted molar refractivity (Wildman–Crippen MR) is 96.7 cm³/mol. The molecule has 3 heterocycles. The zero-order valence-electron chi connectivity index (χ0n) is 13.8. The molecule has 0 amide bonds. The summed E-state index contributed by atoms with van der Waals surface area (Å²) in [4.78, 5) is 12.4. The fourth-order valence-electron chi connectivity index (χ4n) is 2.54. The number of rotatable bonds is 5. The highest BCUT2D eigenvalue weighted by Gasteiger charge is 2.06. The minimum absolute atomic E-state index is 0.265. The van der Waals surface area contributed by atoms with E-state index in [0.717, 1.165) is 28.3 Å². The quantitative estimate of drug-likeness (QED) is 0.574. The number of halogens is 1. The second-order valence-electron chi connectivity index (χ2n) is 5.69. The van der Waals surface area contributed by atoms with Gasteiger partial charge < -0.3 is 9.73 Å². The van der Waals surface area contributed by atoms with E-state index in [0.29, 0.717) is 12.3 Å². The van der Waals surface area contributed by atoms with Gasteiger partial charge in [0.1, 0.15) is 29.5 Å². The molecule has 4 rings (SSSR count). The van der Waals surface area contributed by atoms with Gasteiger partial charge in [0.25, 0.3) is 0 Å². The molecule has 0 saturated heterocycles. The summed E-state index contributed by atoms with van der Waals surface area (Å²) in [6, 6.07) is 13.8. The molecule has 0 spiro atoms. The van der Waals surface area contributed by atoms with Gasteiger partial charge in [-0.25, -0.2) is 19.3 Å².